The fraction of sp³-hybridized carbons (Fsp3) is 0.250. The van der Waals surface area contributed by atoms with E-state index in [9.17, 15) is 18.4 Å². The molecule has 1 aromatic rings. The van der Waals surface area contributed by atoms with E-state index in [-0.39, 0.29) is 5.88 Å². The summed E-state index contributed by atoms with van der Waals surface area (Å²) in [5.74, 6) is -1.44. The number of aromatic amines is 1. The van der Waals surface area contributed by atoms with Gasteiger partial charge in [-0.2, -0.15) is 0 Å². The van der Waals surface area contributed by atoms with Crippen LogP contribution in [0.25, 0.3) is 0 Å². The molecule has 82 valence electrons. The summed E-state index contributed by atoms with van der Waals surface area (Å²) in [6.07, 6.45) is -2.97. The number of nitrogens with one attached hydrogen (secondary N) is 1. The van der Waals surface area contributed by atoms with Gasteiger partial charge in [-0.15, -0.1) is 0 Å². The maximum atomic E-state index is 12.5. The van der Waals surface area contributed by atoms with Crippen LogP contribution in [0.1, 0.15) is 22.3 Å². The number of alkyl halides is 2. The molecular formula is C8H8F2N2O3. The molecule has 0 aliphatic heterocycles. The maximum absolute atomic E-state index is 12.5. The Kier molecular flexibility index (Phi) is 3.03. The van der Waals surface area contributed by atoms with Gasteiger partial charge in [-0.05, 0) is 0 Å². The lowest BCUT2D eigenvalue weighted by Crippen LogP contribution is -2.20. The number of primary amides is 1. The van der Waals surface area contributed by atoms with E-state index in [0.717, 1.165) is 7.11 Å². The van der Waals surface area contributed by atoms with Crippen molar-refractivity contribution >= 4 is 5.91 Å². The van der Waals surface area contributed by atoms with Crippen LogP contribution in [0, 0.1) is 0 Å². The molecule has 7 heteroatoms. The van der Waals surface area contributed by atoms with E-state index in [1.54, 1.807) is 0 Å². The van der Waals surface area contributed by atoms with Crippen molar-refractivity contribution in [3.63, 3.8) is 0 Å². The van der Waals surface area contributed by atoms with Gasteiger partial charge in [0.25, 0.3) is 17.9 Å². The number of rotatable bonds is 3. The first-order valence-corrected chi connectivity index (χ1v) is 3.86. The van der Waals surface area contributed by atoms with E-state index in [1.807, 2.05) is 0 Å². The second kappa shape index (κ2) is 4.07. The molecule has 0 unspecified atom stereocenters. The Morgan fingerprint density at radius 2 is 2.20 bits per heavy atom. The number of H-pyrrole nitrogens is 1. The topological polar surface area (TPSA) is 85.2 Å². The van der Waals surface area contributed by atoms with Crippen molar-refractivity contribution in [1.29, 1.82) is 0 Å². The molecule has 1 rings (SSSR count). The number of aromatic nitrogens is 1. The molecule has 0 spiro atoms. The summed E-state index contributed by atoms with van der Waals surface area (Å²) in [5, 5.41) is 0. The van der Waals surface area contributed by atoms with Crippen LogP contribution in [-0.2, 0) is 0 Å². The summed E-state index contributed by atoms with van der Waals surface area (Å²) in [5.41, 5.74) is 2.88. The van der Waals surface area contributed by atoms with E-state index in [1.165, 1.54) is 0 Å². The summed E-state index contributed by atoms with van der Waals surface area (Å²) < 4.78 is 29.5. The third kappa shape index (κ3) is 2.12. The average Bonchev–Trinajstić information content (AvgIpc) is 2.15. The summed E-state index contributed by atoms with van der Waals surface area (Å²) in [4.78, 5) is 23.9. The molecule has 0 saturated heterocycles. The second-order valence-electron chi connectivity index (χ2n) is 2.66. The molecule has 0 aliphatic carbocycles. The number of carbonyl (C=O) groups excluding carboxylic acids is 1. The van der Waals surface area contributed by atoms with Crippen molar-refractivity contribution in [2.24, 2.45) is 5.73 Å². The minimum Gasteiger partial charge on any atom is -0.482 e. The number of nitrogens with two attached hydrogens (primary N) is 1. The quantitative estimate of drug-likeness (QED) is 0.770. The van der Waals surface area contributed by atoms with Crippen LogP contribution in [0.15, 0.2) is 10.9 Å². The highest BCUT2D eigenvalue weighted by molar-refractivity contribution is 5.96. The van der Waals surface area contributed by atoms with Crippen molar-refractivity contribution in [3.8, 4) is 5.88 Å². The van der Waals surface area contributed by atoms with Crippen LogP contribution in [0.3, 0.4) is 0 Å². The smallest absolute Gasteiger partial charge is 0.265 e. The number of pyridine rings is 1. The first-order valence-electron chi connectivity index (χ1n) is 3.86. The van der Waals surface area contributed by atoms with Crippen LogP contribution in [-0.4, -0.2) is 18.0 Å². The Morgan fingerprint density at radius 1 is 1.60 bits per heavy atom. The Hall–Kier alpha value is -1.92. The lowest BCUT2D eigenvalue weighted by molar-refractivity contribution is 0.0981. The molecule has 1 aromatic heterocycles. The zero-order chi connectivity index (χ0) is 11.6. The van der Waals surface area contributed by atoms with Gasteiger partial charge in [-0.1, -0.05) is 0 Å². The zero-order valence-corrected chi connectivity index (χ0v) is 7.71. The number of hydrogen-bond acceptors (Lipinski definition) is 3. The summed E-state index contributed by atoms with van der Waals surface area (Å²) in [6.45, 7) is 0. The molecule has 0 bridgehead atoms. The number of amides is 1. The molecule has 0 atom stereocenters. The third-order valence-corrected chi connectivity index (χ3v) is 1.72. The number of halogens is 2. The summed E-state index contributed by atoms with van der Waals surface area (Å²) in [7, 11) is 1.13. The standard InChI is InChI=1S/C8H8F2N2O3/c1-15-8-5(7(11)14)3(6(9)10)2-4(13)12-8/h2,6H,1H3,(H2,11,14)(H,12,13). The van der Waals surface area contributed by atoms with E-state index < -0.39 is 29.0 Å². The van der Waals surface area contributed by atoms with Crippen LogP contribution >= 0.6 is 0 Å². The van der Waals surface area contributed by atoms with Gasteiger partial charge in [0.05, 0.1) is 7.11 Å². The third-order valence-electron chi connectivity index (χ3n) is 1.72. The number of carbonyl (C=O) groups is 1. The minimum atomic E-state index is -2.97. The molecule has 0 saturated carbocycles. The zero-order valence-electron chi connectivity index (χ0n) is 7.71. The molecule has 3 N–H and O–H groups in total. The van der Waals surface area contributed by atoms with E-state index in [2.05, 4.69) is 9.72 Å². The second-order valence-corrected chi connectivity index (χ2v) is 2.66. The van der Waals surface area contributed by atoms with Crippen molar-refractivity contribution in [2.75, 3.05) is 7.11 Å². The lowest BCUT2D eigenvalue weighted by Gasteiger charge is -2.09. The molecule has 15 heavy (non-hydrogen) atoms. The molecule has 5 nitrogen and oxygen atoms in total. The van der Waals surface area contributed by atoms with Crippen molar-refractivity contribution < 1.29 is 18.3 Å². The van der Waals surface area contributed by atoms with Gasteiger partial charge < -0.3 is 10.5 Å². The molecule has 0 aromatic carbocycles. The van der Waals surface area contributed by atoms with Crippen LogP contribution < -0.4 is 16.0 Å². The first-order chi connectivity index (χ1) is 6.97. The highest BCUT2D eigenvalue weighted by Gasteiger charge is 2.22. The Labute approximate surface area is 82.9 Å². The predicted octanol–water partition coefficient (Wildman–Crippen LogP) is 0.420. The van der Waals surface area contributed by atoms with Gasteiger partial charge in [0.1, 0.15) is 5.56 Å². The van der Waals surface area contributed by atoms with Gasteiger partial charge in [-0.3, -0.25) is 14.6 Å². The largest absolute Gasteiger partial charge is 0.482 e. The van der Waals surface area contributed by atoms with Gasteiger partial charge in [-0.25, -0.2) is 8.78 Å². The number of methoxy groups -OCH3 is 1. The fourth-order valence-electron chi connectivity index (χ4n) is 1.13. The fourth-order valence-corrected chi connectivity index (χ4v) is 1.13. The Morgan fingerprint density at radius 3 is 2.60 bits per heavy atom. The van der Waals surface area contributed by atoms with E-state index in [0.29, 0.717) is 6.07 Å². The van der Waals surface area contributed by atoms with Gasteiger partial charge >= 0.3 is 0 Å². The summed E-state index contributed by atoms with van der Waals surface area (Å²) in [6, 6.07) is 0.618. The molecule has 1 heterocycles. The van der Waals surface area contributed by atoms with Crippen LogP contribution in [0.5, 0.6) is 5.88 Å². The van der Waals surface area contributed by atoms with Crippen LogP contribution in [0.2, 0.25) is 0 Å². The van der Waals surface area contributed by atoms with Crippen molar-refractivity contribution in [2.45, 2.75) is 6.43 Å². The molecular weight excluding hydrogens is 210 g/mol. The molecule has 0 aliphatic rings. The molecule has 1 amide bonds. The summed E-state index contributed by atoms with van der Waals surface area (Å²) >= 11 is 0. The monoisotopic (exact) mass is 218 g/mol. The Balaban J connectivity index is 3.54. The van der Waals surface area contributed by atoms with Crippen molar-refractivity contribution in [3.05, 3.63) is 27.5 Å². The lowest BCUT2D eigenvalue weighted by atomic mass is 10.1. The SMILES string of the molecule is COc1[nH]c(=O)cc(C(F)F)c1C(N)=O. The van der Waals surface area contributed by atoms with Gasteiger partial charge in [0.2, 0.25) is 5.88 Å². The van der Waals surface area contributed by atoms with Crippen LogP contribution in [0.4, 0.5) is 8.78 Å². The first kappa shape index (κ1) is 11.2. The predicted molar refractivity (Wildman–Crippen MR) is 47.1 cm³/mol. The maximum Gasteiger partial charge on any atom is 0.265 e. The average molecular weight is 218 g/mol. The normalized spacial score (nSPS) is 10.4. The van der Waals surface area contributed by atoms with Crippen molar-refractivity contribution in [1.82, 2.24) is 4.98 Å². The number of hydrogen-bond donors (Lipinski definition) is 2. The van der Waals surface area contributed by atoms with E-state index in [4.69, 9.17) is 5.73 Å². The van der Waals surface area contributed by atoms with Gasteiger partial charge in [0.15, 0.2) is 0 Å². The number of ether oxygens (including phenoxy) is 1. The minimum absolute atomic E-state index is 0.356. The van der Waals surface area contributed by atoms with E-state index >= 15 is 0 Å². The molecule has 0 fully saturated rings. The highest BCUT2D eigenvalue weighted by atomic mass is 19.3. The molecule has 0 radical (unpaired) electrons. The Bertz CT molecular complexity index is 442. The van der Waals surface area contributed by atoms with Gasteiger partial charge in [0, 0.05) is 11.6 Å². The highest BCUT2D eigenvalue weighted by Crippen LogP contribution is 2.25.